The summed E-state index contributed by atoms with van der Waals surface area (Å²) in [7, 11) is 0. The number of hydrogen-bond acceptors (Lipinski definition) is 1. The fourth-order valence-electron chi connectivity index (χ4n) is 0.692. The van der Waals surface area contributed by atoms with Crippen LogP contribution in [0.2, 0.25) is 0 Å². The molecule has 0 heterocycles. The Morgan fingerprint density at radius 3 is 2.36 bits per heavy atom. The Morgan fingerprint density at radius 1 is 1.27 bits per heavy atom. The Bertz CT molecular complexity index is 233. The number of hydrogen-bond donors (Lipinski definition) is 1. The van der Waals surface area contributed by atoms with Gasteiger partial charge in [0.25, 0.3) is 0 Å². The van der Waals surface area contributed by atoms with Gasteiger partial charge in [0.05, 0.1) is 0 Å². The first-order valence-electron chi connectivity index (χ1n) is 2.78. The minimum Gasteiger partial charge on any atom is -0.506 e. The fraction of sp³-hybridized carbons (Fsp3) is 0.333. The molecular formula is C6H4F4O. The summed E-state index contributed by atoms with van der Waals surface area (Å²) in [5, 5.41) is 8.40. The zero-order valence-corrected chi connectivity index (χ0v) is 5.19. The Labute approximate surface area is 59.6 Å². The molecule has 2 atom stereocenters. The van der Waals surface area contributed by atoms with Crippen molar-refractivity contribution in [1.29, 1.82) is 0 Å². The number of rotatable bonds is 0. The molecule has 0 spiro atoms. The molecule has 11 heavy (non-hydrogen) atoms. The molecule has 0 fully saturated rings. The highest BCUT2D eigenvalue weighted by Crippen LogP contribution is 2.29. The van der Waals surface area contributed by atoms with Gasteiger partial charge in [0, 0.05) is 0 Å². The number of alkyl halides is 2. The largest absolute Gasteiger partial charge is 0.506 e. The lowest BCUT2D eigenvalue weighted by Crippen LogP contribution is -2.22. The van der Waals surface area contributed by atoms with Gasteiger partial charge < -0.3 is 5.11 Å². The van der Waals surface area contributed by atoms with E-state index in [4.69, 9.17) is 5.11 Å². The molecule has 0 radical (unpaired) electrons. The first-order chi connectivity index (χ1) is 5.04. The summed E-state index contributed by atoms with van der Waals surface area (Å²) >= 11 is 0. The maximum absolute atomic E-state index is 12.3. The molecule has 1 aliphatic rings. The van der Waals surface area contributed by atoms with E-state index in [2.05, 4.69) is 0 Å². The molecule has 0 saturated heterocycles. The highest BCUT2D eigenvalue weighted by atomic mass is 19.2. The molecule has 0 aromatic heterocycles. The van der Waals surface area contributed by atoms with E-state index in [1.165, 1.54) is 0 Å². The van der Waals surface area contributed by atoms with Crippen molar-refractivity contribution >= 4 is 0 Å². The van der Waals surface area contributed by atoms with Gasteiger partial charge in [0.2, 0.25) is 0 Å². The SMILES string of the molecule is OC1=C(F)C(F)=CC(F)C1F. The Kier molecular flexibility index (Phi) is 1.89. The van der Waals surface area contributed by atoms with Gasteiger partial charge in [-0.15, -0.1) is 0 Å². The summed E-state index contributed by atoms with van der Waals surface area (Å²) in [6.45, 7) is 0. The lowest BCUT2D eigenvalue weighted by molar-refractivity contribution is 0.161. The van der Waals surface area contributed by atoms with Crippen LogP contribution >= 0.6 is 0 Å². The molecular weight excluding hydrogens is 164 g/mol. The van der Waals surface area contributed by atoms with Crippen LogP contribution in [-0.2, 0) is 0 Å². The van der Waals surface area contributed by atoms with Crippen molar-refractivity contribution < 1.29 is 22.7 Å². The van der Waals surface area contributed by atoms with Gasteiger partial charge in [0.1, 0.15) is 0 Å². The van der Waals surface area contributed by atoms with E-state index in [0.717, 1.165) is 0 Å². The van der Waals surface area contributed by atoms with E-state index < -0.39 is 29.8 Å². The molecule has 2 unspecified atom stereocenters. The second-order valence-corrected chi connectivity index (χ2v) is 2.06. The van der Waals surface area contributed by atoms with E-state index in [0.29, 0.717) is 0 Å². The molecule has 62 valence electrons. The molecule has 0 amide bonds. The monoisotopic (exact) mass is 168 g/mol. The van der Waals surface area contributed by atoms with Crippen LogP contribution < -0.4 is 0 Å². The number of allylic oxidation sites excluding steroid dienone is 4. The maximum Gasteiger partial charge on any atom is 0.199 e. The molecule has 0 aromatic rings. The third-order valence-electron chi connectivity index (χ3n) is 1.28. The van der Waals surface area contributed by atoms with Crippen LogP contribution in [-0.4, -0.2) is 17.4 Å². The smallest absolute Gasteiger partial charge is 0.199 e. The van der Waals surface area contributed by atoms with Gasteiger partial charge in [-0.2, -0.15) is 4.39 Å². The Hall–Kier alpha value is -1.00. The predicted octanol–water partition coefficient (Wildman–Crippen LogP) is 2.27. The molecule has 0 saturated carbocycles. The third-order valence-corrected chi connectivity index (χ3v) is 1.28. The first-order valence-corrected chi connectivity index (χ1v) is 2.78. The third kappa shape index (κ3) is 1.22. The fourth-order valence-corrected chi connectivity index (χ4v) is 0.692. The number of halogens is 4. The van der Waals surface area contributed by atoms with Crippen LogP contribution in [0.5, 0.6) is 0 Å². The standard InChI is InChI=1S/C6H4F4O/c7-2-1-3(8)5(10)6(11)4(2)9/h1-2,4,11H. The molecule has 0 aromatic carbocycles. The Morgan fingerprint density at radius 2 is 1.82 bits per heavy atom. The molecule has 0 aliphatic heterocycles. The van der Waals surface area contributed by atoms with Crippen LogP contribution in [0.25, 0.3) is 0 Å². The normalized spacial score (nSPS) is 32.2. The van der Waals surface area contributed by atoms with E-state index >= 15 is 0 Å². The van der Waals surface area contributed by atoms with Gasteiger partial charge in [-0.1, -0.05) is 0 Å². The van der Waals surface area contributed by atoms with Gasteiger partial charge in [0.15, 0.2) is 29.8 Å². The van der Waals surface area contributed by atoms with Crippen molar-refractivity contribution in [3.05, 3.63) is 23.5 Å². The average Bonchev–Trinajstić information content (AvgIpc) is 1.97. The van der Waals surface area contributed by atoms with Gasteiger partial charge in [-0.05, 0) is 6.08 Å². The molecule has 1 rings (SSSR count). The quantitative estimate of drug-likeness (QED) is 0.550. The lowest BCUT2D eigenvalue weighted by atomic mass is 10.1. The van der Waals surface area contributed by atoms with Crippen molar-refractivity contribution in [1.82, 2.24) is 0 Å². The summed E-state index contributed by atoms with van der Waals surface area (Å²) in [4.78, 5) is 0. The second-order valence-electron chi connectivity index (χ2n) is 2.06. The first kappa shape index (κ1) is 8.10. The maximum atomic E-state index is 12.3. The predicted molar refractivity (Wildman–Crippen MR) is 29.7 cm³/mol. The topological polar surface area (TPSA) is 20.2 Å². The van der Waals surface area contributed by atoms with E-state index in [1.54, 1.807) is 0 Å². The van der Waals surface area contributed by atoms with Crippen molar-refractivity contribution in [3.63, 3.8) is 0 Å². The summed E-state index contributed by atoms with van der Waals surface area (Å²) in [5.74, 6) is -4.81. The highest BCUT2D eigenvalue weighted by Gasteiger charge is 2.32. The molecule has 1 N–H and O–H groups in total. The molecule has 1 nitrogen and oxygen atoms in total. The van der Waals surface area contributed by atoms with Crippen LogP contribution in [0.3, 0.4) is 0 Å². The second kappa shape index (κ2) is 2.56. The summed E-state index contributed by atoms with van der Waals surface area (Å²) in [6, 6.07) is 0. The minimum absolute atomic E-state index is 0.139. The van der Waals surface area contributed by atoms with Gasteiger partial charge >= 0.3 is 0 Å². The van der Waals surface area contributed by atoms with E-state index in [-0.39, 0.29) is 6.08 Å². The van der Waals surface area contributed by atoms with Crippen molar-refractivity contribution in [2.75, 3.05) is 0 Å². The lowest BCUT2D eigenvalue weighted by Gasteiger charge is -2.14. The van der Waals surface area contributed by atoms with E-state index in [9.17, 15) is 17.6 Å². The summed E-state index contributed by atoms with van der Waals surface area (Å²) < 4.78 is 48.7. The van der Waals surface area contributed by atoms with Crippen LogP contribution in [0.1, 0.15) is 0 Å². The number of aliphatic hydroxyl groups excluding tert-OH is 1. The van der Waals surface area contributed by atoms with Crippen molar-refractivity contribution in [3.8, 4) is 0 Å². The Balaban J connectivity index is 3.02. The van der Waals surface area contributed by atoms with Crippen LogP contribution in [0.4, 0.5) is 17.6 Å². The zero-order valence-electron chi connectivity index (χ0n) is 5.19. The average molecular weight is 168 g/mol. The van der Waals surface area contributed by atoms with Gasteiger partial charge in [-0.25, -0.2) is 13.2 Å². The van der Waals surface area contributed by atoms with Crippen LogP contribution in [0, 0.1) is 0 Å². The number of aliphatic hydroxyl groups is 1. The molecule has 1 aliphatic carbocycles. The van der Waals surface area contributed by atoms with Crippen molar-refractivity contribution in [2.24, 2.45) is 0 Å². The molecule has 0 bridgehead atoms. The zero-order chi connectivity index (χ0) is 8.59. The van der Waals surface area contributed by atoms with Crippen LogP contribution in [0.15, 0.2) is 23.5 Å². The summed E-state index contributed by atoms with van der Waals surface area (Å²) in [6.07, 6.45) is -4.66. The molecule has 5 heteroatoms. The minimum atomic E-state index is -2.49. The van der Waals surface area contributed by atoms with E-state index in [1.807, 2.05) is 0 Å². The van der Waals surface area contributed by atoms with Crippen molar-refractivity contribution in [2.45, 2.75) is 12.3 Å². The highest BCUT2D eigenvalue weighted by molar-refractivity contribution is 5.30. The summed E-state index contributed by atoms with van der Waals surface area (Å²) in [5.41, 5.74) is 0. The van der Waals surface area contributed by atoms with Gasteiger partial charge in [-0.3, -0.25) is 0 Å².